The molecule has 0 aromatic carbocycles. The van der Waals surface area contributed by atoms with Gasteiger partial charge in [-0.3, -0.25) is 0 Å². The summed E-state index contributed by atoms with van der Waals surface area (Å²) in [6.07, 6.45) is 11.3. The number of ether oxygens (including phenoxy) is 1. The molecule has 1 aliphatic rings. The van der Waals surface area contributed by atoms with Crippen LogP contribution >= 0.6 is 0 Å². The summed E-state index contributed by atoms with van der Waals surface area (Å²) in [6.45, 7) is 6.67. The molecule has 1 aliphatic heterocycles. The van der Waals surface area contributed by atoms with E-state index >= 15 is 0 Å². The Morgan fingerprint density at radius 1 is 1.36 bits per heavy atom. The van der Waals surface area contributed by atoms with Crippen LogP contribution in [0, 0.1) is 6.26 Å². The van der Waals surface area contributed by atoms with E-state index in [1.165, 1.54) is 25.0 Å². The number of nitrogens with zero attached hydrogens (tertiary/aromatic N) is 1. The minimum absolute atomic E-state index is 0.962. The fraction of sp³-hybridized carbons (Fsp3) is 0.667. The molecule has 0 unspecified atom stereocenters. The van der Waals surface area contributed by atoms with Gasteiger partial charge in [0.1, 0.15) is 0 Å². The van der Waals surface area contributed by atoms with Crippen LogP contribution in [0.15, 0.2) is 18.0 Å². The van der Waals surface area contributed by atoms with Crippen LogP contribution in [0.25, 0.3) is 0 Å². The SMILES string of the molecule is CCCCN(CCC)C1=[C]OC=CC1. The van der Waals surface area contributed by atoms with Crippen molar-refractivity contribution in [2.24, 2.45) is 0 Å². The predicted molar refractivity (Wildman–Crippen MR) is 58.4 cm³/mol. The molecule has 2 nitrogen and oxygen atoms in total. The van der Waals surface area contributed by atoms with Crippen LogP contribution in [0.2, 0.25) is 0 Å². The molecule has 79 valence electrons. The molecular weight excluding hydrogens is 174 g/mol. The summed E-state index contributed by atoms with van der Waals surface area (Å²) in [7, 11) is 0. The third-order valence-corrected chi connectivity index (χ3v) is 2.31. The largest absolute Gasteiger partial charge is 0.459 e. The average Bonchev–Trinajstić information content (AvgIpc) is 2.25. The molecule has 0 amide bonds. The maximum atomic E-state index is 5.08. The Hall–Kier alpha value is -0.920. The van der Waals surface area contributed by atoms with E-state index in [0.29, 0.717) is 0 Å². The van der Waals surface area contributed by atoms with Crippen LogP contribution in [-0.4, -0.2) is 18.0 Å². The summed E-state index contributed by atoms with van der Waals surface area (Å²) in [5, 5.41) is 0. The third-order valence-electron chi connectivity index (χ3n) is 2.31. The van der Waals surface area contributed by atoms with Crippen LogP contribution in [0.3, 0.4) is 0 Å². The van der Waals surface area contributed by atoms with E-state index in [-0.39, 0.29) is 0 Å². The summed E-state index contributed by atoms with van der Waals surface area (Å²) in [5.41, 5.74) is 1.20. The van der Waals surface area contributed by atoms with Crippen molar-refractivity contribution in [1.29, 1.82) is 0 Å². The molecule has 0 saturated heterocycles. The van der Waals surface area contributed by atoms with E-state index in [4.69, 9.17) is 4.74 Å². The van der Waals surface area contributed by atoms with Gasteiger partial charge in [-0.1, -0.05) is 20.3 Å². The summed E-state index contributed by atoms with van der Waals surface area (Å²) >= 11 is 0. The number of unbranched alkanes of at least 4 members (excludes halogenated alkanes) is 1. The Balaban J connectivity index is 2.43. The summed E-state index contributed by atoms with van der Waals surface area (Å²) in [5.74, 6) is 0. The normalized spacial score (nSPS) is 14.9. The maximum absolute atomic E-state index is 5.08. The van der Waals surface area contributed by atoms with Gasteiger partial charge in [0.05, 0.1) is 12.0 Å². The molecule has 0 aromatic rings. The van der Waals surface area contributed by atoms with Crippen molar-refractivity contribution in [3.63, 3.8) is 0 Å². The quantitative estimate of drug-likeness (QED) is 0.644. The van der Waals surface area contributed by atoms with Crippen molar-refractivity contribution in [2.75, 3.05) is 13.1 Å². The van der Waals surface area contributed by atoms with Crippen LogP contribution < -0.4 is 0 Å². The average molecular weight is 194 g/mol. The molecule has 0 bridgehead atoms. The first-order valence-corrected chi connectivity index (χ1v) is 5.56. The second kappa shape index (κ2) is 6.52. The zero-order chi connectivity index (χ0) is 10.2. The first kappa shape index (κ1) is 11.2. The summed E-state index contributed by atoms with van der Waals surface area (Å²) in [6, 6.07) is 0. The topological polar surface area (TPSA) is 12.5 Å². The smallest absolute Gasteiger partial charge is 0.190 e. The highest BCUT2D eigenvalue weighted by atomic mass is 16.5. The highest BCUT2D eigenvalue weighted by Gasteiger charge is 2.09. The lowest BCUT2D eigenvalue weighted by atomic mass is 10.2. The molecule has 1 heterocycles. The fourth-order valence-corrected chi connectivity index (χ4v) is 1.55. The monoisotopic (exact) mass is 194 g/mol. The van der Waals surface area contributed by atoms with E-state index in [9.17, 15) is 0 Å². The molecule has 0 aliphatic carbocycles. The molecule has 0 fully saturated rings. The van der Waals surface area contributed by atoms with E-state index in [0.717, 1.165) is 19.5 Å². The summed E-state index contributed by atoms with van der Waals surface area (Å²) in [4.78, 5) is 2.38. The maximum Gasteiger partial charge on any atom is 0.190 e. The van der Waals surface area contributed by atoms with Gasteiger partial charge in [-0.25, -0.2) is 0 Å². The van der Waals surface area contributed by atoms with Crippen molar-refractivity contribution < 1.29 is 4.74 Å². The Morgan fingerprint density at radius 2 is 2.21 bits per heavy atom. The second-order valence-corrected chi connectivity index (χ2v) is 3.58. The molecule has 2 heteroatoms. The number of hydrogen-bond acceptors (Lipinski definition) is 2. The van der Waals surface area contributed by atoms with Gasteiger partial charge in [0.25, 0.3) is 0 Å². The van der Waals surface area contributed by atoms with E-state index in [1.807, 2.05) is 6.08 Å². The molecule has 0 aromatic heterocycles. The number of rotatable bonds is 6. The van der Waals surface area contributed by atoms with Crippen molar-refractivity contribution in [2.45, 2.75) is 39.5 Å². The standard InChI is InChI=1S/C12H20NO/c1-3-5-9-13(8-4-2)12-7-6-10-14-11-12/h6,10H,3-5,7-9H2,1-2H3. The van der Waals surface area contributed by atoms with Gasteiger partial charge in [0.15, 0.2) is 6.26 Å². The Morgan fingerprint density at radius 3 is 2.79 bits per heavy atom. The molecule has 1 radical (unpaired) electrons. The number of hydrogen-bond donors (Lipinski definition) is 0. The van der Waals surface area contributed by atoms with Crippen molar-refractivity contribution in [3.05, 3.63) is 24.3 Å². The van der Waals surface area contributed by atoms with Crippen LogP contribution in [0.1, 0.15) is 39.5 Å². The minimum Gasteiger partial charge on any atom is -0.459 e. The van der Waals surface area contributed by atoms with Gasteiger partial charge < -0.3 is 9.64 Å². The highest BCUT2D eigenvalue weighted by Crippen LogP contribution is 2.15. The second-order valence-electron chi connectivity index (χ2n) is 3.58. The zero-order valence-corrected chi connectivity index (χ0v) is 9.25. The zero-order valence-electron chi connectivity index (χ0n) is 9.25. The fourth-order valence-electron chi connectivity index (χ4n) is 1.55. The lowest BCUT2D eigenvalue weighted by molar-refractivity contribution is 0.281. The number of allylic oxidation sites excluding steroid dienone is 1. The van der Waals surface area contributed by atoms with Crippen molar-refractivity contribution in [3.8, 4) is 0 Å². The highest BCUT2D eigenvalue weighted by molar-refractivity contribution is 5.04. The van der Waals surface area contributed by atoms with Gasteiger partial charge in [0, 0.05) is 19.5 Å². The lowest BCUT2D eigenvalue weighted by Crippen LogP contribution is -2.25. The van der Waals surface area contributed by atoms with Gasteiger partial charge in [-0.05, 0) is 18.9 Å². The molecule has 0 N–H and O–H groups in total. The molecule has 0 saturated carbocycles. The van der Waals surface area contributed by atoms with E-state index in [1.54, 1.807) is 6.26 Å². The van der Waals surface area contributed by atoms with Gasteiger partial charge >= 0.3 is 0 Å². The lowest BCUT2D eigenvalue weighted by Gasteiger charge is -2.26. The molecule has 14 heavy (non-hydrogen) atoms. The van der Waals surface area contributed by atoms with Crippen LogP contribution in [-0.2, 0) is 4.74 Å². The minimum atomic E-state index is 0.962. The van der Waals surface area contributed by atoms with Gasteiger partial charge in [-0.15, -0.1) is 0 Å². The van der Waals surface area contributed by atoms with Gasteiger partial charge in [-0.2, -0.15) is 0 Å². The molecule has 1 rings (SSSR count). The van der Waals surface area contributed by atoms with Crippen LogP contribution in [0.5, 0.6) is 0 Å². The Kier molecular flexibility index (Phi) is 5.20. The van der Waals surface area contributed by atoms with Crippen LogP contribution in [0.4, 0.5) is 0 Å². The van der Waals surface area contributed by atoms with E-state index < -0.39 is 0 Å². The van der Waals surface area contributed by atoms with E-state index in [2.05, 4.69) is 25.0 Å². The third kappa shape index (κ3) is 3.44. The molecule has 0 atom stereocenters. The molecule has 0 spiro atoms. The first-order chi connectivity index (χ1) is 6.88. The predicted octanol–water partition coefficient (Wildman–Crippen LogP) is 3.08. The van der Waals surface area contributed by atoms with Crippen molar-refractivity contribution >= 4 is 0 Å². The Bertz CT molecular complexity index is 208. The van der Waals surface area contributed by atoms with Gasteiger partial charge in [0.2, 0.25) is 0 Å². The Labute approximate surface area is 87.2 Å². The summed E-state index contributed by atoms with van der Waals surface area (Å²) < 4.78 is 5.08. The first-order valence-electron chi connectivity index (χ1n) is 5.56. The van der Waals surface area contributed by atoms with Crippen molar-refractivity contribution in [1.82, 2.24) is 4.90 Å². The molecular formula is C12H20NO.